The van der Waals surface area contributed by atoms with Crippen LogP contribution >= 0.6 is 11.3 Å². The van der Waals surface area contributed by atoms with Crippen LogP contribution in [0.3, 0.4) is 0 Å². The van der Waals surface area contributed by atoms with Crippen LogP contribution in [0, 0.1) is 6.92 Å². The molecule has 1 atom stereocenters. The molecule has 1 aliphatic heterocycles. The zero-order chi connectivity index (χ0) is 20.5. The molecule has 7 nitrogen and oxygen atoms in total. The van der Waals surface area contributed by atoms with Gasteiger partial charge in [0.1, 0.15) is 11.6 Å². The second-order valence-electron chi connectivity index (χ2n) is 7.60. The number of ether oxygens (including phenoxy) is 1. The molecule has 0 fully saturated rings. The molecule has 8 heteroatoms. The summed E-state index contributed by atoms with van der Waals surface area (Å²) in [6.07, 6.45) is -0.710. The maximum absolute atomic E-state index is 13.1. The number of nitrogens with one attached hydrogen (secondary N) is 2. The average molecular weight is 401 g/mol. The third-order valence-electron chi connectivity index (χ3n) is 4.05. The van der Waals surface area contributed by atoms with E-state index < -0.39 is 23.6 Å². The van der Waals surface area contributed by atoms with Gasteiger partial charge in [0.15, 0.2) is 0 Å². The fraction of sp³-hybridized carbons (Fsp3) is 0.350. The smallest absolute Gasteiger partial charge is 0.408 e. The van der Waals surface area contributed by atoms with Gasteiger partial charge in [0.25, 0.3) is 5.91 Å². The summed E-state index contributed by atoms with van der Waals surface area (Å²) < 4.78 is 5.26. The first-order valence-corrected chi connectivity index (χ1v) is 9.78. The first-order valence-electron chi connectivity index (χ1n) is 8.90. The fourth-order valence-corrected chi connectivity index (χ4v) is 3.53. The Kier molecular flexibility index (Phi) is 5.42. The van der Waals surface area contributed by atoms with Gasteiger partial charge in [0, 0.05) is 0 Å². The van der Waals surface area contributed by atoms with E-state index in [1.807, 2.05) is 18.4 Å². The number of hydrogen-bond acceptors (Lipinski definition) is 5. The van der Waals surface area contributed by atoms with Crippen molar-refractivity contribution in [2.75, 3.05) is 16.8 Å². The molecule has 1 aromatic carbocycles. The minimum absolute atomic E-state index is 0.00211. The molecule has 1 aliphatic rings. The number of fused-ring (bicyclic) bond motifs is 1. The Hall–Kier alpha value is -2.87. The zero-order valence-electron chi connectivity index (χ0n) is 16.2. The molecule has 0 spiro atoms. The normalized spacial score (nSPS) is 16.6. The number of aryl methyl sites for hydroxylation is 1. The first-order chi connectivity index (χ1) is 13.1. The van der Waals surface area contributed by atoms with Gasteiger partial charge in [-0.2, -0.15) is 0 Å². The van der Waals surface area contributed by atoms with Crippen molar-refractivity contribution in [3.63, 3.8) is 0 Å². The van der Waals surface area contributed by atoms with E-state index in [1.165, 1.54) is 16.2 Å². The van der Waals surface area contributed by atoms with Gasteiger partial charge in [-0.3, -0.25) is 9.59 Å². The fourth-order valence-electron chi connectivity index (χ4n) is 2.86. The predicted molar refractivity (Wildman–Crippen MR) is 109 cm³/mol. The Morgan fingerprint density at radius 3 is 2.68 bits per heavy atom. The van der Waals surface area contributed by atoms with Gasteiger partial charge in [0.2, 0.25) is 5.91 Å². The molecule has 2 heterocycles. The lowest BCUT2D eigenvalue weighted by molar-refractivity contribution is -0.117. The van der Waals surface area contributed by atoms with Crippen molar-refractivity contribution in [3.05, 3.63) is 46.2 Å². The van der Waals surface area contributed by atoms with E-state index in [9.17, 15) is 14.4 Å². The average Bonchev–Trinajstić information content (AvgIpc) is 3.07. The Morgan fingerprint density at radius 2 is 2.04 bits per heavy atom. The summed E-state index contributed by atoms with van der Waals surface area (Å²) in [5, 5.41) is 7.21. The summed E-state index contributed by atoms with van der Waals surface area (Å²) >= 11 is 1.32. The summed E-state index contributed by atoms with van der Waals surface area (Å²) in [6.45, 7) is 7.12. The van der Waals surface area contributed by atoms with Gasteiger partial charge in [-0.1, -0.05) is 12.1 Å². The number of benzene rings is 1. The summed E-state index contributed by atoms with van der Waals surface area (Å²) in [7, 11) is 0. The molecule has 0 radical (unpaired) electrons. The summed E-state index contributed by atoms with van der Waals surface area (Å²) in [5.41, 5.74) is 1.37. The van der Waals surface area contributed by atoms with Crippen LogP contribution in [0.15, 0.2) is 35.7 Å². The number of nitrogens with zero attached hydrogens (tertiary/aromatic N) is 1. The number of carbonyl (C=O) groups excluding carboxylic acids is 3. The molecule has 28 heavy (non-hydrogen) atoms. The standard InChI is InChI=1S/C20H23N3O4S/c1-12-7-8-15-13(10-12)21-17(24)14(22-19(26)27-20(2,3)4)11-23(15)18(25)16-6-5-9-28-16/h5-10,14H,11H2,1-4H3,(H,21,24)(H,22,26). The van der Waals surface area contributed by atoms with E-state index in [-0.39, 0.29) is 12.5 Å². The van der Waals surface area contributed by atoms with Crippen LogP contribution in [-0.2, 0) is 9.53 Å². The molecule has 148 valence electrons. The largest absolute Gasteiger partial charge is 0.444 e. The highest BCUT2D eigenvalue weighted by Crippen LogP contribution is 2.31. The van der Waals surface area contributed by atoms with Crippen LogP contribution in [0.25, 0.3) is 0 Å². The third-order valence-corrected chi connectivity index (χ3v) is 4.91. The third kappa shape index (κ3) is 4.51. The van der Waals surface area contributed by atoms with E-state index in [2.05, 4.69) is 10.6 Å². The number of thiophene rings is 1. The van der Waals surface area contributed by atoms with Crippen molar-refractivity contribution in [2.24, 2.45) is 0 Å². The molecule has 2 aromatic rings. The van der Waals surface area contributed by atoms with Gasteiger partial charge >= 0.3 is 6.09 Å². The quantitative estimate of drug-likeness (QED) is 0.806. The minimum Gasteiger partial charge on any atom is -0.444 e. The van der Waals surface area contributed by atoms with Crippen molar-refractivity contribution >= 4 is 40.6 Å². The molecule has 3 amide bonds. The van der Waals surface area contributed by atoms with Gasteiger partial charge in [0.05, 0.1) is 22.8 Å². The van der Waals surface area contributed by atoms with Crippen molar-refractivity contribution in [3.8, 4) is 0 Å². The lowest BCUT2D eigenvalue weighted by atomic mass is 10.1. The molecule has 3 rings (SSSR count). The Bertz CT molecular complexity index is 903. The van der Waals surface area contributed by atoms with Crippen LogP contribution in [0.1, 0.15) is 36.0 Å². The summed E-state index contributed by atoms with van der Waals surface area (Å²) in [6, 6.07) is 8.06. The van der Waals surface area contributed by atoms with Gasteiger partial charge in [-0.15, -0.1) is 11.3 Å². The molecular weight excluding hydrogens is 378 g/mol. The van der Waals surface area contributed by atoms with E-state index in [4.69, 9.17) is 4.74 Å². The minimum atomic E-state index is -0.952. The first kappa shape index (κ1) is 19.9. The van der Waals surface area contributed by atoms with E-state index in [0.717, 1.165) is 5.56 Å². The zero-order valence-corrected chi connectivity index (χ0v) is 17.1. The number of alkyl carbamates (subject to hydrolysis) is 1. The van der Waals surface area contributed by atoms with Gasteiger partial charge in [-0.25, -0.2) is 4.79 Å². The van der Waals surface area contributed by atoms with Crippen LogP contribution < -0.4 is 15.5 Å². The van der Waals surface area contributed by atoms with Crippen molar-refractivity contribution in [2.45, 2.75) is 39.3 Å². The van der Waals surface area contributed by atoms with Crippen LogP contribution in [-0.4, -0.2) is 36.1 Å². The van der Waals surface area contributed by atoms with Crippen molar-refractivity contribution in [1.29, 1.82) is 0 Å². The maximum atomic E-state index is 13.1. The highest BCUT2D eigenvalue weighted by molar-refractivity contribution is 7.12. The number of hydrogen-bond donors (Lipinski definition) is 2. The van der Waals surface area contributed by atoms with E-state index >= 15 is 0 Å². The molecular formula is C20H23N3O4S. The lowest BCUT2D eigenvalue weighted by Gasteiger charge is -2.26. The molecule has 0 saturated heterocycles. The Balaban J connectivity index is 1.93. The monoisotopic (exact) mass is 401 g/mol. The van der Waals surface area contributed by atoms with Crippen LogP contribution in [0.5, 0.6) is 0 Å². The lowest BCUT2D eigenvalue weighted by Crippen LogP contribution is -2.51. The predicted octanol–water partition coefficient (Wildman–Crippen LogP) is 3.55. The summed E-state index contributed by atoms with van der Waals surface area (Å²) in [5.74, 6) is -0.633. The maximum Gasteiger partial charge on any atom is 0.408 e. The molecule has 1 unspecified atom stereocenters. The topological polar surface area (TPSA) is 87.7 Å². The summed E-state index contributed by atoms with van der Waals surface area (Å²) in [4.78, 5) is 40.1. The highest BCUT2D eigenvalue weighted by atomic mass is 32.1. The number of rotatable bonds is 2. The number of amides is 3. The number of carbonyl (C=O) groups is 3. The molecule has 0 saturated carbocycles. The number of anilines is 2. The highest BCUT2D eigenvalue weighted by Gasteiger charge is 2.34. The second kappa shape index (κ2) is 7.63. The molecule has 0 bridgehead atoms. The molecule has 2 N–H and O–H groups in total. The van der Waals surface area contributed by atoms with Gasteiger partial charge in [-0.05, 0) is 56.8 Å². The second-order valence-corrected chi connectivity index (χ2v) is 8.55. The van der Waals surface area contributed by atoms with E-state index in [1.54, 1.807) is 45.0 Å². The SMILES string of the molecule is Cc1ccc2c(c1)NC(=O)C(NC(=O)OC(C)(C)C)CN2C(=O)c1cccs1. The van der Waals surface area contributed by atoms with Crippen molar-refractivity contribution < 1.29 is 19.1 Å². The van der Waals surface area contributed by atoms with Crippen molar-refractivity contribution in [1.82, 2.24) is 5.32 Å². The Labute approximate surface area is 167 Å². The van der Waals surface area contributed by atoms with Crippen LogP contribution in [0.4, 0.5) is 16.2 Å². The Morgan fingerprint density at radius 1 is 1.29 bits per heavy atom. The molecule has 1 aromatic heterocycles. The van der Waals surface area contributed by atoms with Gasteiger partial charge < -0.3 is 20.3 Å². The van der Waals surface area contributed by atoms with E-state index in [0.29, 0.717) is 16.3 Å². The molecule has 0 aliphatic carbocycles. The van der Waals surface area contributed by atoms with Crippen LogP contribution in [0.2, 0.25) is 0 Å².